The lowest BCUT2D eigenvalue weighted by Gasteiger charge is -2.17. The molecular weight excluding hydrogens is 417 g/mol. The van der Waals surface area contributed by atoms with E-state index in [-0.39, 0.29) is 17.6 Å². The van der Waals surface area contributed by atoms with E-state index in [1.165, 1.54) is 30.0 Å². The number of halogens is 1. The second-order valence-electron chi connectivity index (χ2n) is 7.40. The number of para-hydroxylation sites is 1. The lowest BCUT2D eigenvalue weighted by atomic mass is 10.2. The number of benzene rings is 2. The van der Waals surface area contributed by atoms with Crippen LogP contribution in [0.15, 0.2) is 58.5 Å². The number of nitrogens with zero attached hydrogens (tertiary/aromatic N) is 2. The number of ether oxygens (including phenoxy) is 1. The van der Waals surface area contributed by atoms with Gasteiger partial charge in [0.2, 0.25) is 5.91 Å². The van der Waals surface area contributed by atoms with Gasteiger partial charge in [-0.3, -0.25) is 14.2 Å². The summed E-state index contributed by atoms with van der Waals surface area (Å²) in [6, 6.07) is 12.9. The molecule has 1 amide bonds. The van der Waals surface area contributed by atoms with E-state index in [0.29, 0.717) is 41.3 Å². The highest BCUT2D eigenvalue weighted by atomic mass is 32.2. The Kier molecular flexibility index (Phi) is 7.81. The van der Waals surface area contributed by atoms with Gasteiger partial charge in [0.1, 0.15) is 5.82 Å². The zero-order valence-corrected chi connectivity index (χ0v) is 18.6. The van der Waals surface area contributed by atoms with E-state index in [1.54, 1.807) is 35.8 Å². The average molecular weight is 444 g/mol. The van der Waals surface area contributed by atoms with Crippen molar-refractivity contribution in [1.82, 2.24) is 9.55 Å². The number of hydrogen-bond donors (Lipinski definition) is 1. The van der Waals surface area contributed by atoms with Crippen molar-refractivity contribution in [1.29, 1.82) is 0 Å². The van der Waals surface area contributed by atoms with Crippen LogP contribution in [0.4, 0.5) is 10.1 Å². The predicted molar refractivity (Wildman–Crippen MR) is 122 cm³/mol. The summed E-state index contributed by atoms with van der Waals surface area (Å²) in [4.78, 5) is 30.4. The fourth-order valence-corrected chi connectivity index (χ4v) is 3.93. The van der Waals surface area contributed by atoms with Gasteiger partial charge in [-0.15, -0.1) is 0 Å². The zero-order valence-electron chi connectivity index (χ0n) is 17.8. The van der Waals surface area contributed by atoms with Crippen molar-refractivity contribution in [2.75, 3.05) is 11.9 Å². The average Bonchev–Trinajstić information content (AvgIpc) is 2.72. The molecule has 1 atom stereocenters. The molecule has 3 aromatic rings. The van der Waals surface area contributed by atoms with Crippen molar-refractivity contribution in [2.24, 2.45) is 0 Å². The van der Waals surface area contributed by atoms with Crippen LogP contribution in [-0.2, 0) is 16.1 Å². The number of anilines is 1. The molecule has 1 N–H and O–H groups in total. The molecule has 8 heteroatoms. The molecular formula is C23H26FN3O3S. The summed E-state index contributed by atoms with van der Waals surface area (Å²) >= 11 is 1.20. The van der Waals surface area contributed by atoms with Crippen molar-refractivity contribution in [3.8, 4) is 0 Å². The first-order chi connectivity index (χ1) is 14.8. The SMILES string of the molecule is CC(C)OCCCn1c(SC(C)C(=O)Nc2cccc(F)c2)nc2ccccc2c1=O. The first-order valence-electron chi connectivity index (χ1n) is 10.2. The van der Waals surface area contributed by atoms with Gasteiger partial charge >= 0.3 is 0 Å². The van der Waals surface area contributed by atoms with Crippen LogP contribution in [0.3, 0.4) is 0 Å². The van der Waals surface area contributed by atoms with Crippen molar-refractivity contribution in [2.45, 2.75) is 50.2 Å². The van der Waals surface area contributed by atoms with Crippen LogP contribution in [-0.4, -0.2) is 33.4 Å². The number of nitrogens with one attached hydrogen (secondary N) is 1. The van der Waals surface area contributed by atoms with Crippen LogP contribution in [0.25, 0.3) is 10.9 Å². The van der Waals surface area contributed by atoms with Crippen LogP contribution in [0.2, 0.25) is 0 Å². The van der Waals surface area contributed by atoms with Gasteiger partial charge in [0.25, 0.3) is 5.56 Å². The molecule has 0 bridgehead atoms. The first-order valence-corrected chi connectivity index (χ1v) is 11.1. The summed E-state index contributed by atoms with van der Waals surface area (Å²) in [6.07, 6.45) is 0.766. The third-order valence-electron chi connectivity index (χ3n) is 4.55. The Morgan fingerprint density at radius 1 is 1.19 bits per heavy atom. The highest BCUT2D eigenvalue weighted by Gasteiger charge is 2.20. The zero-order chi connectivity index (χ0) is 22.4. The summed E-state index contributed by atoms with van der Waals surface area (Å²) in [6.45, 7) is 6.61. The smallest absolute Gasteiger partial charge is 0.262 e. The van der Waals surface area contributed by atoms with Crippen LogP contribution in [0.1, 0.15) is 27.2 Å². The van der Waals surface area contributed by atoms with Crippen LogP contribution >= 0.6 is 11.8 Å². The molecule has 1 heterocycles. The molecule has 0 aliphatic heterocycles. The Morgan fingerprint density at radius 3 is 2.71 bits per heavy atom. The third kappa shape index (κ3) is 6.15. The summed E-state index contributed by atoms with van der Waals surface area (Å²) < 4.78 is 20.6. The van der Waals surface area contributed by atoms with Gasteiger partial charge in [-0.25, -0.2) is 9.37 Å². The molecule has 0 radical (unpaired) electrons. The van der Waals surface area contributed by atoms with Gasteiger partial charge in [0.15, 0.2) is 5.16 Å². The van der Waals surface area contributed by atoms with E-state index in [9.17, 15) is 14.0 Å². The van der Waals surface area contributed by atoms with E-state index < -0.39 is 11.1 Å². The minimum absolute atomic E-state index is 0.117. The van der Waals surface area contributed by atoms with Gasteiger partial charge in [0.05, 0.1) is 22.3 Å². The van der Waals surface area contributed by atoms with E-state index in [1.807, 2.05) is 19.9 Å². The standard InChI is InChI=1S/C23H26FN3O3S/c1-15(2)30-13-7-12-27-22(29)19-10-4-5-11-20(19)26-23(27)31-16(3)21(28)25-18-9-6-8-17(24)14-18/h4-6,8-11,14-16H,7,12-13H2,1-3H3,(H,25,28). The van der Waals surface area contributed by atoms with Crippen molar-refractivity contribution < 1.29 is 13.9 Å². The minimum Gasteiger partial charge on any atom is -0.379 e. The molecule has 3 rings (SSSR count). The van der Waals surface area contributed by atoms with E-state index in [4.69, 9.17) is 4.74 Å². The summed E-state index contributed by atoms with van der Waals surface area (Å²) in [5.74, 6) is -0.723. The maximum atomic E-state index is 13.4. The summed E-state index contributed by atoms with van der Waals surface area (Å²) in [5.41, 5.74) is 0.824. The fraction of sp³-hybridized carbons (Fsp3) is 0.348. The van der Waals surface area contributed by atoms with Crippen molar-refractivity contribution in [3.05, 3.63) is 64.7 Å². The van der Waals surface area contributed by atoms with Gasteiger partial charge in [-0.05, 0) is 57.5 Å². The fourth-order valence-electron chi connectivity index (χ4n) is 3.00. The molecule has 31 heavy (non-hydrogen) atoms. The quantitative estimate of drug-likeness (QED) is 0.300. The van der Waals surface area contributed by atoms with Crippen molar-refractivity contribution >= 4 is 34.3 Å². The molecule has 0 aliphatic carbocycles. The number of aromatic nitrogens is 2. The number of carbonyl (C=O) groups is 1. The van der Waals surface area contributed by atoms with Crippen LogP contribution in [0, 0.1) is 5.82 Å². The molecule has 164 valence electrons. The number of fused-ring (bicyclic) bond motifs is 1. The summed E-state index contributed by atoms with van der Waals surface area (Å²) in [7, 11) is 0. The molecule has 0 aliphatic rings. The molecule has 0 spiro atoms. The molecule has 1 aromatic heterocycles. The van der Waals surface area contributed by atoms with E-state index >= 15 is 0 Å². The Labute approximate surface area is 184 Å². The Bertz CT molecular complexity index is 1120. The lowest BCUT2D eigenvalue weighted by Crippen LogP contribution is -2.27. The van der Waals surface area contributed by atoms with Gasteiger partial charge in [-0.2, -0.15) is 0 Å². The molecule has 0 fully saturated rings. The Morgan fingerprint density at radius 2 is 1.97 bits per heavy atom. The number of amides is 1. The molecule has 6 nitrogen and oxygen atoms in total. The van der Waals surface area contributed by atoms with Gasteiger partial charge in [-0.1, -0.05) is 30.0 Å². The van der Waals surface area contributed by atoms with Crippen molar-refractivity contribution in [3.63, 3.8) is 0 Å². The van der Waals surface area contributed by atoms with E-state index in [0.717, 1.165) is 0 Å². The maximum absolute atomic E-state index is 13.4. The number of thioether (sulfide) groups is 1. The lowest BCUT2D eigenvalue weighted by molar-refractivity contribution is -0.115. The largest absolute Gasteiger partial charge is 0.379 e. The third-order valence-corrected chi connectivity index (χ3v) is 5.64. The predicted octanol–water partition coefficient (Wildman–Crippen LogP) is 4.47. The second kappa shape index (κ2) is 10.5. The Hall–Kier alpha value is -2.71. The molecule has 1 unspecified atom stereocenters. The van der Waals surface area contributed by atoms with Gasteiger partial charge in [0, 0.05) is 18.8 Å². The topological polar surface area (TPSA) is 73.2 Å². The number of carbonyl (C=O) groups excluding carboxylic acids is 1. The molecule has 0 saturated carbocycles. The minimum atomic E-state index is -0.547. The van der Waals surface area contributed by atoms with Crippen LogP contribution in [0.5, 0.6) is 0 Å². The van der Waals surface area contributed by atoms with E-state index in [2.05, 4.69) is 10.3 Å². The second-order valence-corrected chi connectivity index (χ2v) is 8.71. The molecule has 2 aromatic carbocycles. The van der Waals surface area contributed by atoms with Gasteiger partial charge < -0.3 is 10.1 Å². The Balaban J connectivity index is 1.82. The highest BCUT2D eigenvalue weighted by molar-refractivity contribution is 8.00. The monoisotopic (exact) mass is 443 g/mol. The maximum Gasteiger partial charge on any atom is 0.262 e. The summed E-state index contributed by atoms with van der Waals surface area (Å²) in [5, 5.41) is 3.16. The number of hydrogen-bond acceptors (Lipinski definition) is 5. The number of rotatable bonds is 9. The molecule has 0 saturated heterocycles. The first kappa shape index (κ1) is 23.0. The normalized spacial score (nSPS) is 12.3. The van der Waals surface area contributed by atoms with Crippen LogP contribution < -0.4 is 10.9 Å². The highest BCUT2D eigenvalue weighted by Crippen LogP contribution is 2.24.